The zero-order valence-corrected chi connectivity index (χ0v) is 13.7. The molecule has 1 aromatic heterocycles. The molecule has 2 heterocycles. The number of ether oxygens (including phenoxy) is 1. The van der Waals surface area contributed by atoms with E-state index in [4.69, 9.17) is 9.15 Å². The molecule has 3 rings (SSSR count). The maximum absolute atomic E-state index is 12.2. The molecule has 126 valence electrons. The second-order valence-corrected chi connectivity index (χ2v) is 5.79. The molecule has 6 heteroatoms. The first-order valence-electron chi connectivity index (χ1n) is 7.92. The number of anilines is 1. The van der Waals surface area contributed by atoms with Gasteiger partial charge < -0.3 is 19.4 Å². The van der Waals surface area contributed by atoms with Gasteiger partial charge in [-0.2, -0.15) is 0 Å². The van der Waals surface area contributed by atoms with Crippen LogP contribution in [0.4, 0.5) is 5.69 Å². The molecule has 0 saturated carbocycles. The second kappa shape index (κ2) is 6.78. The van der Waals surface area contributed by atoms with E-state index < -0.39 is 0 Å². The number of para-hydroxylation sites is 2. The number of rotatable bonds is 5. The summed E-state index contributed by atoms with van der Waals surface area (Å²) in [5.74, 6) is 1.91. The number of hydrogen-bond acceptors (Lipinski definition) is 4. The Bertz CT molecular complexity index is 753. The highest BCUT2D eigenvalue weighted by Gasteiger charge is 2.25. The van der Waals surface area contributed by atoms with Crippen LogP contribution in [0.5, 0.6) is 5.75 Å². The van der Waals surface area contributed by atoms with E-state index in [0.29, 0.717) is 23.7 Å². The molecule has 1 atom stereocenters. The van der Waals surface area contributed by atoms with E-state index in [2.05, 4.69) is 5.32 Å². The zero-order valence-electron chi connectivity index (χ0n) is 13.7. The van der Waals surface area contributed by atoms with Gasteiger partial charge in [0.2, 0.25) is 5.91 Å². The molecule has 0 bridgehead atoms. The van der Waals surface area contributed by atoms with Crippen LogP contribution < -0.4 is 15.0 Å². The molecule has 0 radical (unpaired) electrons. The van der Waals surface area contributed by atoms with Crippen molar-refractivity contribution >= 4 is 17.5 Å². The first kappa shape index (κ1) is 16.1. The minimum Gasteiger partial charge on any atom is -0.482 e. The van der Waals surface area contributed by atoms with Crippen molar-refractivity contribution in [3.05, 3.63) is 47.9 Å². The fourth-order valence-corrected chi connectivity index (χ4v) is 2.68. The number of hydrogen-bond donors (Lipinski definition) is 1. The molecular formula is C18H20N2O4. The van der Waals surface area contributed by atoms with Crippen molar-refractivity contribution in [1.82, 2.24) is 5.32 Å². The van der Waals surface area contributed by atoms with Gasteiger partial charge in [-0.05, 0) is 38.1 Å². The number of nitrogens with zero attached hydrogens (tertiary/aromatic N) is 1. The van der Waals surface area contributed by atoms with E-state index in [0.717, 1.165) is 5.76 Å². The highest BCUT2D eigenvalue weighted by molar-refractivity contribution is 5.98. The standard InChI is InChI=1S/C18H20N2O4/c1-12-7-8-15(24-12)13(2)19-17(21)9-10-20-14-5-3-4-6-16(14)23-11-18(20)22/h3-8,13H,9-11H2,1-2H3,(H,19,21)/t13-/m1/s1. The Morgan fingerprint density at radius 3 is 2.83 bits per heavy atom. The number of benzene rings is 1. The van der Waals surface area contributed by atoms with Crippen molar-refractivity contribution in [2.24, 2.45) is 0 Å². The minimum atomic E-state index is -0.209. The van der Waals surface area contributed by atoms with Gasteiger partial charge in [-0.15, -0.1) is 0 Å². The van der Waals surface area contributed by atoms with Crippen molar-refractivity contribution in [1.29, 1.82) is 0 Å². The molecule has 2 amide bonds. The van der Waals surface area contributed by atoms with Crippen LogP contribution in [0.25, 0.3) is 0 Å². The predicted octanol–water partition coefficient (Wildman–Crippen LogP) is 2.58. The van der Waals surface area contributed by atoms with Gasteiger partial charge in [0.05, 0.1) is 11.7 Å². The van der Waals surface area contributed by atoms with Crippen LogP contribution in [0.3, 0.4) is 0 Å². The van der Waals surface area contributed by atoms with E-state index in [1.807, 2.05) is 50.2 Å². The monoisotopic (exact) mass is 328 g/mol. The summed E-state index contributed by atoms with van der Waals surface area (Å²) in [4.78, 5) is 25.8. The summed E-state index contributed by atoms with van der Waals surface area (Å²) in [6, 6.07) is 10.8. The third-order valence-electron chi connectivity index (χ3n) is 3.94. The van der Waals surface area contributed by atoms with Crippen molar-refractivity contribution in [2.45, 2.75) is 26.3 Å². The van der Waals surface area contributed by atoms with Gasteiger partial charge in [0.1, 0.15) is 17.3 Å². The van der Waals surface area contributed by atoms with Crippen molar-refractivity contribution in [2.75, 3.05) is 18.1 Å². The highest BCUT2D eigenvalue weighted by Crippen LogP contribution is 2.31. The van der Waals surface area contributed by atoms with Gasteiger partial charge in [0.25, 0.3) is 5.91 Å². The van der Waals surface area contributed by atoms with Crippen LogP contribution in [-0.2, 0) is 9.59 Å². The summed E-state index contributed by atoms with van der Waals surface area (Å²) in [5, 5.41) is 2.89. The van der Waals surface area contributed by atoms with E-state index in [-0.39, 0.29) is 30.9 Å². The Kier molecular flexibility index (Phi) is 4.55. The van der Waals surface area contributed by atoms with Crippen molar-refractivity contribution < 1.29 is 18.7 Å². The first-order chi connectivity index (χ1) is 11.5. The molecule has 6 nitrogen and oxygen atoms in total. The number of carbonyl (C=O) groups excluding carboxylic acids is 2. The Balaban J connectivity index is 1.59. The normalized spacial score (nSPS) is 14.8. The Labute approximate surface area is 140 Å². The molecule has 1 N–H and O–H groups in total. The van der Waals surface area contributed by atoms with Crippen LogP contribution in [0.15, 0.2) is 40.8 Å². The number of carbonyl (C=O) groups is 2. The topological polar surface area (TPSA) is 71.8 Å². The molecule has 0 saturated heterocycles. The maximum Gasteiger partial charge on any atom is 0.265 e. The Morgan fingerprint density at radius 2 is 2.08 bits per heavy atom. The SMILES string of the molecule is Cc1ccc([C@@H](C)NC(=O)CCN2C(=O)COc3ccccc32)o1. The molecule has 2 aromatic rings. The first-order valence-corrected chi connectivity index (χ1v) is 7.92. The number of aryl methyl sites for hydroxylation is 1. The largest absolute Gasteiger partial charge is 0.482 e. The highest BCUT2D eigenvalue weighted by atomic mass is 16.5. The van der Waals surface area contributed by atoms with Gasteiger partial charge in [-0.1, -0.05) is 12.1 Å². The Hall–Kier alpha value is -2.76. The molecule has 1 aliphatic rings. The summed E-state index contributed by atoms with van der Waals surface area (Å²) in [7, 11) is 0. The quantitative estimate of drug-likeness (QED) is 0.916. The molecule has 0 fully saturated rings. The van der Waals surface area contributed by atoms with Gasteiger partial charge in [0.15, 0.2) is 6.61 Å². The van der Waals surface area contributed by atoms with Crippen LogP contribution in [0.1, 0.15) is 30.9 Å². The summed E-state index contributed by atoms with van der Waals surface area (Å²) >= 11 is 0. The van der Waals surface area contributed by atoms with Gasteiger partial charge >= 0.3 is 0 Å². The maximum atomic E-state index is 12.2. The number of nitrogens with one attached hydrogen (secondary N) is 1. The number of furan rings is 1. The fraction of sp³-hybridized carbons (Fsp3) is 0.333. The molecular weight excluding hydrogens is 308 g/mol. The lowest BCUT2D eigenvalue weighted by Gasteiger charge is -2.29. The lowest BCUT2D eigenvalue weighted by atomic mass is 10.2. The van der Waals surface area contributed by atoms with Gasteiger partial charge in [0, 0.05) is 13.0 Å². The second-order valence-electron chi connectivity index (χ2n) is 5.79. The van der Waals surface area contributed by atoms with Gasteiger partial charge in [-0.25, -0.2) is 0 Å². The lowest BCUT2D eigenvalue weighted by Crippen LogP contribution is -2.41. The zero-order chi connectivity index (χ0) is 17.1. The van der Waals surface area contributed by atoms with Crippen molar-refractivity contribution in [3.8, 4) is 5.75 Å². The molecule has 24 heavy (non-hydrogen) atoms. The minimum absolute atomic E-state index is 0.000702. The van der Waals surface area contributed by atoms with E-state index in [9.17, 15) is 9.59 Å². The average Bonchev–Trinajstić information content (AvgIpc) is 3.00. The summed E-state index contributed by atoms with van der Waals surface area (Å²) < 4.78 is 10.9. The molecule has 1 aliphatic heterocycles. The smallest absolute Gasteiger partial charge is 0.265 e. The third kappa shape index (κ3) is 3.42. The number of fused-ring (bicyclic) bond motifs is 1. The van der Waals surface area contributed by atoms with Crippen LogP contribution in [0.2, 0.25) is 0 Å². The van der Waals surface area contributed by atoms with E-state index in [1.54, 1.807) is 4.90 Å². The van der Waals surface area contributed by atoms with Crippen LogP contribution in [0, 0.1) is 6.92 Å². The molecule has 1 aromatic carbocycles. The summed E-state index contributed by atoms with van der Waals surface area (Å²) in [6.45, 7) is 4.04. The van der Waals surface area contributed by atoms with E-state index in [1.165, 1.54) is 0 Å². The lowest BCUT2D eigenvalue weighted by molar-refractivity contribution is -0.122. The van der Waals surface area contributed by atoms with Gasteiger partial charge in [-0.3, -0.25) is 9.59 Å². The predicted molar refractivity (Wildman–Crippen MR) is 88.9 cm³/mol. The summed E-state index contributed by atoms with van der Waals surface area (Å²) in [5.41, 5.74) is 0.705. The van der Waals surface area contributed by atoms with E-state index >= 15 is 0 Å². The van der Waals surface area contributed by atoms with Crippen LogP contribution in [-0.4, -0.2) is 25.0 Å². The fourth-order valence-electron chi connectivity index (χ4n) is 2.68. The van der Waals surface area contributed by atoms with Crippen molar-refractivity contribution in [3.63, 3.8) is 0 Å². The average molecular weight is 328 g/mol. The number of amides is 2. The molecule has 0 spiro atoms. The molecule has 0 aliphatic carbocycles. The van der Waals surface area contributed by atoms with Crippen LogP contribution >= 0.6 is 0 Å². The third-order valence-corrected chi connectivity index (χ3v) is 3.94. The summed E-state index contributed by atoms with van der Waals surface area (Å²) in [6.07, 6.45) is 0.212. The Morgan fingerprint density at radius 1 is 1.29 bits per heavy atom. The molecule has 0 unspecified atom stereocenters.